The van der Waals surface area contributed by atoms with Crippen LogP contribution in [-0.4, -0.2) is 5.78 Å². The molecule has 0 amide bonds. The molecule has 0 spiro atoms. The van der Waals surface area contributed by atoms with Crippen molar-refractivity contribution >= 4 is 5.78 Å². The molecule has 0 unspecified atom stereocenters. The predicted octanol–water partition coefficient (Wildman–Crippen LogP) is 3.91. The minimum absolute atomic E-state index is 0.457. The maximum atomic E-state index is 11.2. The zero-order valence-corrected chi connectivity index (χ0v) is 11.2. The van der Waals surface area contributed by atoms with Crippen LogP contribution in [0.3, 0.4) is 0 Å². The largest absolute Gasteiger partial charge is 0.300 e. The highest BCUT2D eigenvalue weighted by Crippen LogP contribution is 2.27. The molecule has 1 fully saturated rings. The van der Waals surface area contributed by atoms with Gasteiger partial charge in [-0.15, -0.1) is 0 Å². The Labute approximate surface area is 104 Å². The molecule has 0 saturated heterocycles. The first-order valence-corrected chi connectivity index (χ1v) is 6.65. The smallest absolute Gasteiger partial charge is 0.132 e. The van der Waals surface area contributed by atoms with Crippen molar-refractivity contribution in [3.05, 3.63) is 34.4 Å². The van der Waals surface area contributed by atoms with E-state index >= 15 is 0 Å². The van der Waals surface area contributed by atoms with Crippen LogP contribution in [-0.2, 0) is 11.2 Å². The van der Waals surface area contributed by atoms with Crippen molar-refractivity contribution in [2.45, 2.75) is 52.9 Å². The second-order valence-electron chi connectivity index (χ2n) is 5.48. The number of rotatable bonds is 2. The van der Waals surface area contributed by atoms with Gasteiger partial charge in [0.15, 0.2) is 0 Å². The lowest BCUT2D eigenvalue weighted by atomic mass is 9.82. The summed E-state index contributed by atoms with van der Waals surface area (Å²) in [5.74, 6) is 1.17. The molecule has 0 aromatic heterocycles. The number of carbonyl (C=O) groups is 1. The lowest BCUT2D eigenvalue weighted by Crippen LogP contribution is -2.16. The monoisotopic (exact) mass is 230 g/mol. The first kappa shape index (κ1) is 12.3. The summed E-state index contributed by atoms with van der Waals surface area (Å²) in [6, 6.07) is 4.50. The SMILES string of the molecule is Cc1ccc(CC2CCC(=O)CC2)c(C)c1C. The quantitative estimate of drug-likeness (QED) is 0.752. The molecule has 0 aliphatic heterocycles. The van der Waals surface area contributed by atoms with Crippen LogP contribution in [0.4, 0.5) is 0 Å². The van der Waals surface area contributed by atoms with Crippen molar-refractivity contribution in [1.29, 1.82) is 0 Å². The van der Waals surface area contributed by atoms with Crippen LogP contribution in [0.15, 0.2) is 12.1 Å². The minimum atomic E-state index is 0.457. The van der Waals surface area contributed by atoms with E-state index < -0.39 is 0 Å². The third kappa shape index (κ3) is 2.77. The van der Waals surface area contributed by atoms with Gasteiger partial charge in [-0.1, -0.05) is 12.1 Å². The Morgan fingerprint density at radius 2 is 1.71 bits per heavy atom. The zero-order valence-electron chi connectivity index (χ0n) is 11.2. The predicted molar refractivity (Wildman–Crippen MR) is 71.3 cm³/mol. The number of ketones is 1. The van der Waals surface area contributed by atoms with E-state index in [4.69, 9.17) is 0 Å². The van der Waals surface area contributed by atoms with E-state index in [0.717, 1.165) is 32.1 Å². The second-order valence-corrected chi connectivity index (χ2v) is 5.48. The molecule has 1 heteroatoms. The Morgan fingerprint density at radius 1 is 1.06 bits per heavy atom. The van der Waals surface area contributed by atoms with Gasteiger partial charge in [0, 0.05) is 12.8 Å². The van der Waals surface area contributed by atoms with Crippen molar-refractivity contribution in [3.63, 3.8) is 0 Å². The van der Waals surface area contributed by atoms with Gasteiger partial charge in [-0.05, 0) is 68.2 Å². The molecule has 1 aromatic carbocycles. The van der Waals surface area contributed by atoms with Gasteiger partial charge in [0.25, 0.3) is 0 Å². The normalized spacial score (nSPS) is 17.5. The molecule has 1 nitrogen and oxygen atoms in total. The highest BCUT2D eigenvalue weighted by Gasteiger charge is 2.19. The number of carbonyl (C=O) groups excluding carboxylic acids is 1. The number of Topliss-reactive ketones (excluding diaryl/α,β-unsaturated/α-hetero) is 1. The molecule has 1 saturated carbocycles. The average Bonchev–Trinajstić information content (AvgIpc) is 2.33. The Morgan fingerprint density at radius 3 is 2.35 bits per heavy atom. The molecular weight excluding hydrogens is 208 g/mol. The van der Waals surface area contributed by atoms with Gasteiger partial charge >= 0.3 is 0 Å². The van der Waals surface area contributed by atoms with Crippen LogP contribution in [0.25, 0.3) is 0 Å². The minimum Gasteiger partial charge on any atom is -0.300 e. The number of hydrogen-bond donors (Lipinski definition) is 0. The van der Waals surface area contributed by atoms with E-state index in [1.807, 2.05) is 0 Å². The first-order chi connectivity index (χ1) is 8.08. The maximum absolute atomic E-state index is 11.2. The number of hydrogen-bond acceptors (Lipinski definition) is 1. The lowest BCUT2D eigenvalue weighted by Gasteiger charge is -2.22. The van der Waals surface area contributed by atoms with E-state index in [0.29, 0.717) is 11.7 Å². The van der Waals surface area contributed by atoms with Crippen LogP contribution >= 0.6 is 0 Å². The topological polar surface area (TPSA) is 17.1 Å². The van der Waals surface area contributed by atoms with E-state index in [1.165, 1.54) is 22.3 Å². The van der Waals surface area contributed by atoms with Crippen molar-refractivity contribution in [2.24, 2.45) is 5.92 Å². The first-order valence-electron chi connectivity index (χ1n) is 6.65. The van der Waals surface area contributed by atoms with Crippen molar-refractivity contribution < 1.29 is 4.79 Å². The molecule has 0 bridgehead atoms. The molecule has 0 radical (unpaired) electrons. The summed E-state index contributed by atoms with van der Waals surface area (Å²) >= 11 is 0. The molecule has 0 atom stereocenters. The summed E-state index contributed by atoms with van der Waals surface area (Å²) in [4.78, 5) is 11.2. The van der Waals surface area contributed by atoms with Gasteiger partial charge in [0.1, 0.15) is 5.78 Å². The standard InChI is InChI=1S/C16H22O/c1-11-4-7-15(13(3)12(11)2)10-14-5-8-16(17)9-6-14/h4,7,14H,5-6,8-10H2,1-3H3. The summed E-state index contributed by atoms with van der Waals surface area (Å²) in [6.07, 6.45) is 4.93. The summed E-state index contributed by atoms with van der Waals surface area (Å²) in [6.45, 7) is 6.61. The van der Waals surface area contributed by atoms with Gasteiger partial charge < -0.3 is 0 Å². The third-order valence-electron chi connectivity index (χ3n) is 4.34. The van der Waals surface area contributed by atoms with Crippen LogP contribution in [0.1, 0.15) is 47.9 Å². The highest BCUT2D eigenvalue weighted by molar-refractivity contribution is 5.79. The van der Waals surface area contributed by atoms with Crippen LogP contribution in [0, 0.1) is 26.7 Å². The van der Waals surface area contributed by atoms with Crippen molar-refractivity contribution in [1.82, 2.24) is 0 Å². The van der Waals surface area contributed by atoms with Crippen LogP contribution in [0.5, 0.6) is 0 Å². The Balaban J connectivity index is 2.09. The van der Waals surface area contributed by atoms with E-state index in [-0.39, 0.29) is 0 Å². The highest BCUT2D eigenvalue weighted by atomic mass is 16.1. The van der Waals surface area contributed by atoms with Gasteiger partial charge in [-0.25, -0.2) is 0 Å². The fourth-order valence-electron chi connectivity index (χ4n) is 2.75. The summed E-state index contributed by atoms with van der Waals surface area (Å²) in [5.41, 5.74) is 5.73. The van der Waals surface area contributed by atoms with Crippen molar-refractivity contribution in [3.8, 4) is 0 Å². The molecule has 1 aliphatic carbocycles. The third-order valence-corrected chi connectivity index (χ3v) is 4.34. The molecular formula is C16H22O. The van der Waals surface area contributed by atoms with Gasteiger partial charge in [-0.3, -0.25) is 4.79 Å². The fourth-order valence-corrected chi connectivity index (χ4v) is 2.75. The van der Waals surface area contributed by atoms with Crippen molar-refractivity contribution in [2.75, 3.05) is 0 Å². The Kier molecular flexibility index (Phi) is 3.66. The molecule has 17 heavy (non-hydrogen) atoms. The molecule has 92 valence electrons. The van der Waals surface area contributed by atoms with E-state index in [1.54, 1.807) is 0 Å². The summed E-state index contributed by atoms with van der Waals surface area (Å²) in [5, 5.41) is 0. The van der Waals surface area contributed by atoms with Crippen LogP contribution < -0.4 is 0 Å². The van der Waals surface area contributed by atoms with Gasteiger partial charge in [-0.2, -0.15) is 0 Å². The van der Waals surface area contributed by atoms with Gasteiger partial charge in [0.05, 0.1) is 0 Å². The molecule has 2 rings (SSSR count). The van der Waals surface area contributed by atoms with E-state index in [9.17, 15) is 4.79 Å². The molecule has 0 N–H and O–H groups in total. The molecule has 1 aromatic rings. The molecule has 1 aliphatic rings. The Hall–Kier alpha value is -1.11. The fraction of sp³-hybridized carbons (Fsp3) is 0.562. The summed E-state index contributed by atoms with van der Waals surface area (Å²) in [7, 11) is 0. The zero-order chi connectivity index (χ0) is 12.4. The van der Waals surface area contributed by atoms with Crippen LogP contribution in [0.2, 0.25) is 0 Å². The summed E-state index contributed by atoms with van der Waals surface area (Å²) < 4.78 is 0. The lowest BCUT2D eigenvalue weighted by molar-refractivity contribution is -0.120. The number of aryl methyl sites for hydroxylation is 1. The second kappa shape index (κ2) is 5.03. The number of benzene rings is 1. The van der Waals surface area contributed by atoms with E-state index in [2.05, 4.69) is 32.9 Å². The molecule has 0 heterocycles. The maximum Gasteiger partial charge on any atom is 0.132 e. The Bertz CT molecular complexity index is 421. The average molecular weight is 230 g/mol. The van der Waals surface area contributed by atoms with Gasteiger partial charge in [0.2, 0.25) is 0 Å².